The highest BCUT2D eigenvalue weighted by Gasteiger charge is 2.61. The van der Waals surface area contributed by atoms with Crippen LogP contribution in [0.25, 0.3) is 5.69 Å². The van der Waals surface area contributed by atoms with Crippen molar-refractivity contribution in [3.63, 3.8) is 0 Å². The Hall–Kier alpha value is -3.21. The number of aliphatic hydroxyl groups excluding tert-OH is 1. The van der Waals surface area contributed by atoms with Gasteiger partial charge in [0.15, 0.2) is 0 Å². The molecule has 3 rings (SSSR count). The molecule has 0 radical (unpaired) electrons. The largest absolute Gasteiger partial charge is 0.459 e. The minimum atomic E-state index is -5.84. The molecule has 2 heterocycles. The normalized spacial score (nSPS) is 12.2. The van der Waals surface area contributed by atoms with Gasteiger partial charge in [-0.15, -0.1) is 0 Å². The van der Waals surface area contributed by atoms with Crippen molar-refractivity contribution in [3.05, 3.63) is 65.4 Å². The van der Waals surface area contributed by atoms with Crippen LogP contribution in [0.2, 0.25) is 0 Å². The molecule has 0 spiro atoms. The molecule has 0 aliphatic rings. The maximum absolute atomic E-state index is 14.1. The predicted molar refractivity (Wildman–Crippen MR) is 108 cm³/mol. The number of hydrogen-bond donors (Lipinski definition) is 1. The van der Waals surface area contributed by atoms with E-state index < -0.39 is 30.1 Å². The van der Waals surface area contributed by atoms with Crippen LogP contribution in [-0.2, 0) is 30.3 Å². The Morgan fingerprint density at radius 3 is 2.39 bits per heavy atom. The molecule has 0 aliphatic carbocycles. The molecule has 2 aromatic heterocycles. The van der Waals surface area contributed by atoms with Gasteiger partial charge in [0, 0.05) is 30.9 Å². The highest BCUT2D eigenvalue weighted by Crippen LogP contribution is 2.45. The summed E-state index contributed by atoms with van der Waals surface area (Å²) >= 11 is 0. The Kier molecular flexibility index (Phi) is 7.21. The van der Waals surface area contributed by atoms with Gasteiger partial charge in [-0.2, -0.15) is 22.0 Å². The summed E-state index contributed by atoms with van der Waals surface area (Å²) in [6.45, 7) is 1.07. The summed E-state index contributed by atoms with van der Waals surface area (Å²) in [4.78, 5) is 14.2. The summed E-state index contributed by atoms with van der Waals surface area (Å²) in [5.41, 5.74) is -0.803. The Bertz CT molecular complexity index is 1090. The average Bonchev–Trinajstić information content (AvgIpc) is 3.37. The second kappa shape index (κ2) is 9.74. The van der Waals surface area contributed by atoms with Crippen LogP contribution in [0, 0.1) is 0 Å². The molecule has 6 nitrogen and oxygen atoms in total. The molecule has 0 bridgehead atoms. The van der Waals surface area contributed by atoms with Crippen LogP contribution in [0.1, 0.15) is 42.5 Å². The lowest BCUT2D eigenvalue weighted by atomic mass is 10.1. The number of carbonyl (C=O) groups is 1. The molecule has 11 heteroatoms. The number of unbranched alkanes of at least 4 members (excludes halogenated alkanes) is 1. The highest BCUT2D eigenvalue weighted by atomic mass is 19.4. The quantitative estimate of drug-likeness (QED) is 0.342. The number of hydrogen-bond acceptors (Lipinski definition) is 4. The second-order valence-corrected chi connectivity index (χ2v) is 7.34. The van der Waals surface area contributed by atoms with Gasteiger partial charge in [-0.25, -0.2) is 4.98 Å². The van der Waals surface area contributed by atoms with E-state index in [1.165, 1.54) is 4.57 Å². The van der Waals surface area contributed by atoms with Crippen LogP contribution in [0.15, 0.2) is 42.6 Å². The van der Waals surface area contributed by atoms with Crippen molar-refractivity contribution < 1.29 is 36.6 Å². The van der Waals surface area contributed by atoms with Crippen molar-refractivity contribution in [2.45, 2.75) is 51.4 Å². The molecule has 0 aliphatic heterocycles. The van der Waals surface area contributed by atoms with E-state index in [-0.39, 0.29) is 24.7 Å². The molecule has 3 aromatic rings. The number of aromatic nitrogens is 3. The first-order valence-electron chi connectivity index (χ1n) is 10.1. The van der Waals surface area contributed by atoms with E-state index in [9.17, 15) is 31.9 Å². The van der Waals surface area contributed by atoms with E-state index in [4.69, 9.17) is 4.74 Å². The summed E-state index contributed by atoms with van der Waals surface area (Å²) < 4.78 is 75.0. The first-order valence-corrected chi connectivity index (χ1v) is 10.1. The number of halogens is 5. The third-order valence-corrected chi connectivity index (χ3v) is 5.14. The van der Waals surface area contributed by atoms with Crippen LogP contribution in [0.5, 0.6) is 5.88 Å². The lowest BCUT2D eigenvalue weighted by molar-refractivity contribution is -0.291. The number of benzene rings is 1. The van der Waals surface area contributed by atoms with Crippen LogP contribution in [0.4, 0.5) is 22.0 Å². The molecule has 1 aromatic carbocycles. The van der Waals surface area contributed by atoms with Gasteiger partial charge >= 0.3 is 12.1 Å². The van der Waals surface area contributed by atoms with Crippen molar-refractivity contribution in [1.82, 2.24) is 14.1 Å². The molecule has 0 fully saturated rings. The van der Waals surface area contributed by atoms with Crippen molar-refractivity contribution in [2.24, 2.45) is 0 Å². The minimum absolute atomic E-state index is 0.0518. The van der Waals surface area contributed by atoms with Crippen molar-refractivity contribution in [1.29, 1.82) is 0 Å². The van der Waals surface area contributed by atoms with E-state index in [2.05, 4.69) is 4.98 Å². The monoisotopic (exact) mass is 471 g/mol. The zero-order valence-electron chi connectivity index (χ0n) is 17.6. The molecule has 0 unspecified atom stereocenters. The Morgan fingerprint density at radius 2 is 1.82 bits per heavy atom. The maximum Gasteiger partial charge on any atom is 0.459 e. The van der Waals surface area contributed by atoms with Gasteiger partial charge in [0.2, 0.25) is 5.88 Å². The van der Waals surface area contributed by atoms with E-state index in [0.717, 1.165) is 0 Å². The Labute approximate surface area is 186 Å². The molecule has 0 saturated heterocycles. The smallest absolute Gasteiger partial charge is 0.411 e. The zero-order valence-corrected chi connectivity index (χ0v) is 17.6. The third-order valence-electron chi connectivity index (χ3n) is 5.14. The second-order valence-electron chi connectivity index (χ2n) is 7.34. The fourth-order valence-corrected chi connectivity index (χ4v) is 3.46. The van der Waals surface area contributed by atoms with Crippen molar-refractivity contribution in [3.8, 4) is 11.6 Å². The number of alkyl halides is 5. The van der Waals surface area contributed by atoms with Crippen LogP contribution in [-0.4, -0.2) is 31.9 Å². The third kappa shape index (κ3) is 4.92. The van der Waals surface area contributed by atoms with Crippen LogP contribution < -0.4 is 4.74 Å². The van der Waals surface area contributed by atoms with Crippen molar-refractivity contribution in [2.75, 3.05) is 0 Å². The van der Waals surface area contributed by atoms with Gasteiger partial charge in [0.05, 0.1) is 12.3 Å². The number of nitrogens with zero attached hydrogens (tertiary/aromatic N) is 3. The predicted octanol–water partition coefficient (Wildman–Crippen LogP) is 4.75. The summed E-state index contributed by atoms with van der Waals surface area (Å²) in [5, 5.41) is 9.69. The number of carbonyl (C=O) groups excluding carboxylic acids is 1. The van der Waals surface area contributed by atoms with E-state index in [0.29, 0.717) is 30.6 Å². The Balaban J connectivity index is 1.98. The molecule has 0 saturated carbocycles. The lowest BCUT2D eigenvalue weighted by Gasteiger charge is -2.19. The maximum atomic E-state index is 14.1. The number of ether oxygens (including phenoxy) is 1. The van der Waals surface area contributed by atoms with Crippen LogP contribution >= 0.6 is 0 Å². The first-order chi connectivity index (χ1) is 15.6. The summed E-state index contributed by atoms with van der Waals surface area (Å²) in [6, 6.07) is 9.94. The van der Waals surface area contributed by atoms with Crippen molar-refractivity contribution >= 4 is 6.47 Å². The molecule has 0 atom stereocenters. The van der Waals surface area contributed by atoms with Gasteiger partial charge < -0.3 is 14.4 Å². The highest BCUT2D eigenvalue weighted by molar-refractivity contribution is 5.46. The average molecular weight is 471 g/mol. The molecule has 1 N–H and O–H groups in total. The molecular weight excluding hydrogens is 449 g/mol. The zero-order chi connectivity index (χ0) is 24.2. The van der Waals surface area contributed by atoms with E-state index in [1.54, 1.807) is 47.2 Å². The topological polar surface area (TPSA) is 69.3 Å². The molecule has 178 valence electrons. The molecule has 0 amide bonds. The van der Waals surface area contributed by atoms with Crippen LogP contribution in [0.3, 0.4) is 0 Å². The SMILES string of the molecule is CCCCc1nc(C(F)(F)C(F)(F)F)c(CO)n1Cc1ccc(-n2cccc2OC=O)cc1. The summed E-state index contributed by atoms with van der Waals surface area (Å²) in [5.74, 6) is -4.85. The lowest BCUT2D eigenvalue weighted by Crippen LogP contribution is -2.35. The molecule has 33 heavy (non-hydrogen) atoms. The number of rotatable bonds is 10. The van der Waals surface area contributed by atoms with Gasteiger partial charge in [-0.05, 0) is 30.2 Å². The number of imidazole rings is 1. The summed E-state index contributed by atoms with van der Waals surface area (Å²) in [7, 11) is 0. The minimum Gasteiger partial charge on any atom is -0.411 e. The fourth-order valence-electron chi connectivity index (χ4n) is 3.46. The van der Waals surface area contributed by atoms with Gasteiger partial charge in [-0.1, -0.05) is 25.5 Å². The first kappa shape index (κ1) is 24.4. The van der Waals surface area contributed by atoms with Gasteiger partial charge in [-0.3, -0.25) is 9.36 Å². The van der Waals surface area contributed by atoms with Gasteiger partial charge in [0.1, 0.15) is 11.5 Å². The van der Waals surface area contributed by atoms with E-state index in [1.807, 2.05) is 6.92 Å². The number of aliphatic hydroxyl groups is 1. The number of aryl methyl sites for hydroxylation is 1. The fraction of sp³-hybridized carbons (Fsp3) is 0.364. The van der Waals surface area contributed by atoms with E-state index >= 15 is 0 Å². The Morgan fingerprint density at radius 1 is 1.12 bits per heavy atom. The molecular formula is C22H22F5N3O3. The summed E-state index contributed by atoms with van der Waals surface area (Å²) in [6.07, 6.45) is -2.76. The van der Waals surface area contributed by atoms with Gasteiger partial charge in [0.25, 0.3) is 6.47 Å². The standard InChI is InChI=1S/C22H22F5N3O3/c1-2-3-5-18-28-20(21(23,24)22(25,26)27)17(13-31)30(18)12-15-7-9-16(10-8-15)29-11-4-6-19(29)33-14-32/h4,6-11,14,31H,2-3,5,12-13H2,1H3.